The predicted octanol–water partition coefficient (Wildman–Crippen LogP) is 2.87. The van der Waals surface area contributed by atoms with E-state index < -0.39 is 0 Å². The highest BCUT2D eigenvalue weighted by atomic mass is 16.3. The first-order valence-corrected chi connectivity index (χ1v) is 6.08. The van der Waals surface area contributed by atoms with Crippen molar-refractivity contribution in [2.75, 3.05) is 0 Å². The van der Waals surface area contributed by atoms with Gasteiger partial charge in [0.2, 0.25) is 0 Å². The van der Waals surface area contributed by atoms with Gasteiger partial charge < -0.3 is 10.8 Å². The van der Waals surface area contributed by atoms with E-state index in [1.54, 1.807) is 0 Å². The van der Waals surface area contributed by atoms with Crippen LogP contribution < -0.4 is 5.73 Å². The van der Waals surface area contributed by atoms with Crippen LogP contribution in [0.2, 0.25) is 0 Å². The van der Waals surface area contributed by atoms with E-state index in [0.717, 1.165) is 18.4 Å². The fourth-order valence-corrected chi connectivity index (χ4v) is 1.77. The first kappa shape index (κ1) is 13.2. The van der Waals surface area contributed by atoms with Gasteiger partial charge in [-0.15, -0.1) is 0 Å². The Morgan fingerprint density at radius 3 is 2.31 bits per heavy atom. The van der Waals surface area contributed by atoms with Gasteiger partial charge in [-0.2, -0.15) is 0 Å². The highest BCUT2D eigenvalue weighted by Crippen LogP contribution is 2.18. The number of nitrogens with two attached hydrogens (primary N) is 1. The van der Waals surface area contributed by atoms with Crippen LogP contribution in [-0.4, -0.2) is 11.2 Å². The van der Waals surface area contributed by atoms with Gasteiger partial charge in [0.1, 0.15) is 0 Å². The molecule has 2 nitrogen and oxygen atoms in total. The Bertz CT molecular complexity index is 284. The monoisotopic (exact) mass is 221 g/mol. The third kappa shape index (κ3) is 4.77. The molecule has 0 amide bonds. The molecule has 0 unspecified atom stereocenters. The molecule has 0 bridgehead atoms. The van der Waals surface area contributed by atoms with Crippen molar-refractivity contribution in [1.29, 1.82) is 0 Å². The Morgan fingerprint density at radius 2 is 1.75 bits per heavy atom. The van der Waals surface area contributed by atoms with Crippen molar-refractivity contribution in [3.8, 4) is 0 Å². The lowest BCUT2D eigenvalue weighted by Crippen LogP contribution is -2.19. The molecule has 16 heavy (non-hydrogen) atoms. The van der Waals surface area contributed by atoms with Crippen molar-refractivity contribution in [2.45, 2.75) is 45.3 Å². The molecule has 1 rings (SSSR count). The molecule has 3 N–H and O–H groups in total. The number of rotatable bonds is 6. The summed E-state index contributed by atoms with van der Waals surface area (Å²) in [4.78, 5) is 0. The van der Waals surface area contributed by atoms with Gasteiger partial charge >= 0.3 is 0 Å². The fraction of sp³-hybridized carbons (Fsp3) is 0.571. The van der Waals surface area contributed by atoms with E-state index in [2.05, 4.69) is 13.8 Å². The Labute approximate surface area is 98.5 Å². The van der Waals surface area contributed by atoms with Crippen molar-refractivity contribution in [3.63, 3.8) is 0 Å². The molecule has 0 spiro atoms. The molecule has 0 fully saturated rings. The van der Waals surface area contributed by atoms with Gasteiger partial charge in [-0.05, 0) is 30.7 Å². The Kier molecular flexibility index (Phi) is 5.50. The topological polar surface area (TPSA) is 46.2 Å². The molecule has 0 aliphatic carbocycles. The first-order chi connectivity index (χ1) is 7.59. The van der Waals surface area contributed by atoms with E-state index in [0.29, 0.717) is 12.3 Å². The zero-order valence-corrected chi connectivity index (χ0v) is 10.3. The quantitative estimate of drug-likeness (QED) is 0.776. The van der Waals surface area contributed by atoms with Crippen molar-refractivity contribution < 1.29 is 5.11 Å². The second-order valence-electron chi connectivity index (χ2n) is 4.88. The lowest BCUT2D eigenvalue weighted by atomic mass is 9.97. The molecule has 0 heterocycles. The standard InChI is InChI=1S/C14H23NO/c1-11(2)8-9-13(16)10-14(15)12-6-4-3-5-7-12/h3-7,11,13-14,16H,8-10,15H2,1-2H3/t13-,14-/m0/s1. The molecule has 0 radical (unpaired) electrons. The largest absolute Gasteiger partial charge is 0.393 e. The Hall–Kier alpha value is -0.860. The van der Waals surface area contributed by atoms with E-state index in [-0.39, 0.29) is 12.1 Å². The number of hydrogen-bond acceptors (Lipinski definition) is 2. The van der Waals surface area contributed by atoms with Crippen molar-refractivity contribution >= 4 is 0 Å². The minimum absolute atomic E-state index is 0.0524. The average Bonchev–Trinajstić information content (AvgIpc) is 2.27. The SMILES string of the molecule is CC(C)CC[C@H](O)C[C@H](N)c1ccccc1. The second kappa shape index (κ2) is 6.66. The van der Waals surface area contributed by atoms with Crippen LogP contribution in [0, 0.1) is 5.92 Å². The third-order valence-corrected chi connectivity index (χ3v) is 2.83. The van der Waals surface area contributed by atoms with Crippen LogP contribution in [0.1, 0.15) is 44.7 Å². The third-order valence-electron chi connectivity index (χ3n) is 2.83. The molecular formula is C14H23NO. The van der Waals surface area contributed by atoms with Crippen molar-refractivity contribution in [3.05, 3.63) is 35.9 Å². The predicted molar refractivity (Wildman–Crippen MR) is 68.1 cm³/mol. The molecule has 0 aromatic heterocycles. The van der Waals surface area contributed by atoms with Gasteiger partial charge in [-0.1, -0.05) is 44.2 Å². The summed E-state index contributed by atoms with van der Waals surface area (Å²) < 4.78 is 0. The minimum Gasteiger partial charge on any atom is -0.393 e. The Morgan fingerprint density at radius 1 is 1.12 bits per heavy atom. The van der Waals surface area contributed by atoms with Crippen LogP contribution in [0.15, 0.2) is 30.3 Å². The van der Waals surface area contributed by atoms with Crippen LogP contribution in [0.5, 0.6) is 0 Å². The van der Waals surface area contributed by atoms with Crippen LogP contribution in [0.25, 0.3) is 0 Å². The number of aliphatic hydroxyl groups excluding tert-OH is 1. The lowest BCUT2D eigenvalue weighted by Gasteiger charge is -2.17. The van der Waals surface area contributed by atoms with E-state index in [4.69, 9.17) is 5.73 Å². The summed E-state index contributed by atoms with van der Waals surface area (Å²) in [5.41, 5.74) is 7.15. The zero-order valence-electron chi connectivity index (χ0n) is 10.3. The molecule has 0 aliphatic heterocycles. The lowest BCUT2D eigenvalue weighted by molar-refractivity contribution is 0.139. The molecule has 0 aliphatic rings. The molecule has 1 aromatic rings. The average molecular weight is 221 g/mol. The summed E-state index contributed by atoms with van der Waals surface area (Å²) in [5, 5.41) is 9.85. The maximum absolute atomic E-state index is 9.85. The fourth-order valence-electron chi connectivity index (χ4n) is 1.77. The zero-order chi connectivity index (χ0) is 12.0. The molecule has 90 valence electrons. The summed E-state index contributed by atoms with van der Waals surface area (Å²) in [5.74, 6) is 0.641. The van der Waals surface area contributed by atoms with Gasteiger partial charge in [0.25, 0.3) is 0 Å². The highest BCUT2D eigenvalue weighted by molar-refractivity contribution is 5.18. The van der Waals surface area contributed by atoms with E-state index >= 15 is 0 Å². The van der Waals surface area contributed by atoms with Crippen LogP contribution in [0.3, 0.4) is 0 Å². The second-order valence-corrected chi connectivity index (χ2v) is 4.88. The van der Waals surface area contributed by atoms with E-state index in [1.807, 2.05) is 30.3 Å². The first-order valence-electron chi connectivity index (χ1n) is 6.08. The summed E-state index contributed by atoms with van der Waals surface area (Å²) >= 11 is 0. The smallest absolute Gasteiger partial charge is 0.0558 e. The van der Waals surface area contributed by atoms with Crippen LogP contribution in [0.4, 0.5) is 0 Å². The summed E-state index contributed by atoms with van der Waals surface area (Å²) in [6.07, 6.45) is 2.27. The molecular weight excluding hydrogens is 198 g/mol. The summed E-state index contributed by atoms with van der Waals surface area (Å²) in [6.45, 7) is 4.34. The maximum atomic E-state index is 9.85. The minimum atomic E-state index is -0.280. The molecule has 0 saturated carbocycles. The van der Waals surface area contributed by atoms with Crippen molar-refractivity contribution in [2.24, 2.45) is 11.7 Å². The van der Waals surface area contributed by atoms with Gasteiger partial charge in [0, 0.05) is 6.04 Å². The van der Waals surface area contributed by atoms with Crippen molar-refractivity contribution in [1.82, 2.24) is 0 Å². The van der Waals surface area contributed by atoms with Gasteiger partial charge in [0.15, 0.2) is 0 Å². The van der Waals surface area contributed by atoms with E-state index in [9.17, 15) is 5.11 Å². The summed E-state index contributed by atoms with van der Waals surface area (Å²) in [6, 6.07) is 9.92. The number of benzene rings is 1. The van der Waals surface area contributed by atoms with Gasteiger partial charge in [0.05, 0.1) is 6.10 Å². The highest BCUT2D eigenvalue weighted by Gasteiger charge is 2.12. The molecule has 2 heteroatoms. The molecule has 1 aromatic carbocycles. The summed E-state index contributed by atoms with van der Waals surface area (Å²) in [7, 11) is 0. The van der Waals surface area contributed by atoms with Gasteiger partial charge in [-0.3, -0.25) is 0 Å². The number of hydrogen-bond donors (Lipinski definition) is 2. The normalized spacial score (nSPS) is 15.1. The van der Waals surface area contributed by atoms with E-state index in [1.165, 1.54) is 0 Å². The van der Waals surface area contributed by atoms with Crippen LogP contribution in [-0.2, 0) is 0 Å². The van der Waals surface area contributed by atoms with Gasteiger partial charge in [-0.25, -0.2) is 0 Å². The van der Waals surface area contributed by atoms with Crippen LogP contribution >= 0.6 is 0 Å². The number of aliphatic hydroxyl groups is 1. The Balaban J connectivity index is 2.36. The molecule has 2 atom stereocenters. The molecule has 0 saturated heterocycles. The maximum Gasteiger partial charge on any atom is 0.0558 e.